The molecule has 0 aromatic heterocycles. The number of fused-ring (bicyclic) bond motifs is 1. The number of hydrogen-bond donors (Lipinski definition) is 0. The molecule has 0 N–H and O–H groups in total. The number of esters is 1. The van der Waals surface area contributed by atoms with E-state index in [4.69, 9.17) is 13.6 Å². The van der Waals surface area contributed by atoms with Crippen molar-refractivity contribution < 1.29 is 18.4 Å². The summed E-state index contributed by atoms with van der Waals surface area (Å²) in [6.07, 6.45) is 0. The van der Waals surface area contributed by atoms with Crippen LogP contribution in [0.2, 0.25) is 0 Å². The maximum Gasteiger partial charge on any atom is 0.312 e. The lowest BCUT2D eigenvalue weighted by atomic mass is 9.98. The van der Waals surface area contributed by atoms with Gasteiger partial charge in [0.15, 0.2) is 0 Å². The van der Waals surface area contributed by atoms with Crippen LogP contribution in [0.1, 0.15) is 22.5 Å². The van der Waals surface area contributed by atoms with Gasteiger partial charge in [-0.15, -0.1) is 0 Å². The van der Waals surface area contributed by atoms with Crippen molar-refractivity contribution in [3.63, 3.8) is 0 Å². The fourth-order valence-electron chi connectivity index (χ4n) is 1.89. The van der Waals surface area contributed by atoms with E-state index in [9.17, 15) is 4.79 Å². The largest absolute Gasteiger partial charge is 0.497 e. The number of rotatable bonds is 3. The van der Waals surface area contributed by atoms with Gasteiger partial charge in [0.05, 0.1) is 24.2 Å². The van der Waals surface area contributed by atoms with Crippen LogP contribution < -0.4 is 4.74 Å². The Labute approximate surface area is 111 Å². The van der Waals surface area contributed by atoms with Crippen LogP contribution in [0.3, 0.4) is 0 Å². The number of methoxy groups -OCH3 is 2. The molecule has 3 heteroatoms. The first kappa shape index (κ1) is 8.97. The van der Waals surface area contributed by atoms with E-state index in [0.29, 0.717) is 0 Å². The van der Waals surface area contributed by atoms with E-state index in [0.717, 1.165) is 16.3 Å². The van der Waals surface area contributed by atoms with E-state index in [2.05, 4.69) is 0 Å². The molecular weight excluding hydrogens is 228 g/mol. The lowest BCUT2D eigenvalue weighted by molar-refractivity contribution is -0.141. The van der Waals surface area contributed by atoms with Crippen LogP contribution in [0.15, 0.2) is 36.4 Å². The minimum absolute atomic E-state index is 0.288. The molecule has 94 valence electrons. The third-order valence-electron chi connectivity index (χ3n) is 3.01. The van der Waals surface area contributed by atoms with Gasteiger partial charge in [-0.1, -0.05) is 24.3 Å². The third kappa shape index (κ3) is 2.30. The first-order valence-corrected chi connectivity index (χ1v) is 5.61. The number of ether oxygens (including phenoxy) is 2. The van der Waals surface area contributed by atoms with Crippen molar-refractivity contribution in [1.29, 1.82) is 0 Å². The molecule has 1 unspecified atom stereocenters. The normalized spacial score (nSPS) is 15.3. The molecule has 0 bridgehead atoms. The number of carbonyl (C=O) groups is 1. The number of benzene rings is 2. The highest BCUT2D eigenvalue weighted by Crippen LogP contribution is 2.25. The van der Waals surface area contributed by atoms with Crippen molar-refractivity contribution in [1.82, 2.24) is 0 Å². The topological polar surface area (TPSA) is 35.5 Å². The Balaban J connectivity index is 2.33. The maximum atomic E-state index is 11.6. The highest BCUT2D eigenvalue weighted by Gasteiger charge is 2.15. The molecule has 0 aliphatic rings. The summed E-state index contributed by atoms with van der Waals surface area (Å²) >= 11 is 0. The maximum absolute atomic E-state index is 11.6. The van der Waals surface area contributed by atoms with E-state index < -0.39 is 7.04 Å². The first-order valence-electron chi connectivity index (χ1n) is 7.11. The zero-order valence-corrected chi connectivity index (χ0v) is 10.3. The average molecular weight is 247 g/mol. The van der Waals surface area contributed by atoms with Crippen LogP contribution in [0.5, 0.6) is 5.75 Å². The predicted octanol–water partition coefficient (Wildman–Crippen LogP) is 3.12. The Bertz CT molecular complexity index is 665. The zero-order chi connectivity index (χ0) is 15.6. The molecule has 0 saturated carbocycles. The van der Waals surface area contributed by atoms with Crippen molar-refractivity contribution in [3.8, 4) is 5.75 Å². The molecule has 0 fully saturated rings. The monoisotopic (exact) mass is 247 g/mol. The molecule has 0 aliphatic carbocycles. The van der Waals surface area contributed by atoms with Crippen LogP contribution in [-0.2, 0) is 9.53 Å². The van der Waals surface area contributed by atoms with Crippen LogP contribution in [0.4, 0.5) is 0 Å². The van der Waals surface area contributed by atoms with Crippen LogP contribution in [0.25, 0.3) is 10.8 Å². The van der Waals surface area contributed by atoms with Crippen LogP contribution in [0, 0.1) is 0 Å². The fourth-order valence-corrected chi connectivity index (χ4v) is 1.89. The van der Waals surface area contributed by atoms with Gasteiger partial charge in [0.2, 0.25) is 0 Å². The molecule has 0 radical (unpaired) electrons. The Morgan fingerprint density at radius 3 is 2.67 bits per heavy atom. The highest BCUT2D eigenvalue weighted by atomic mass is 16.5. The van der Waals surface area contributed by atoms with Crippen LogP contribution >= 0.6 is 0 Å². The van der Waals surface area contributed by atoms with E-state index in [1.165, 1.54) is 7.11 Å². The van der Waals surface area contributed by atoms with Crippen molar-refractivity contribution in [3.05, 3.63) is 42.0 Å². The molecule has 3 nitrogen and oxygen atoms in total. The SMILES string of the molecule is [2H]C([2H])([2H])Oc1ccc2cc(C(C)C(=O)OC)ccc2c1. The minimum Gasteiger partial charge on any atom is -0.497 e. The molecule has 2 rings (SSSR count). The Kier molecular flexibility index (Phi) is 2.54. The standard InChI is InChI=1S/C15H16O3/c1-10(15(16)18-3)11-4-5-13-9-14(17-2)7-6-12(13)8-11/h4-10H,1-3H3/i2D3. The predicted molar refractivity (Wildman–Crippen MR) is 70.9 cm³/mol. The fraction of sp³-hybridized carbons (Fsp3) is 0.267. The zero-order valence-electron chi connectivity index (χ0n) is 13.3. The molecular formula is C15H16O3. The smallest absolute Gasteiger partial charge is 0.312 e. The van der Waals surface area contributed by atoms with Crippen molar-refractivity contribution in [2.45, 2.75) is 12.8 Å². The summed E-state index contributed by atoms with van der Waals surface area (Å²) in [6.45, 7) is 1.78. The Morgan fingerprint density at radius 2 is 1.94 bits per heavy atom. The van der Waals surface area contributed by atoms with Crippen molar-refractivity contribution in [2.75, 3.05) is 14.1 Å². The molecule has 0 saturated heterocycles. The van der Waals surface area contributed by atoms with E-state index in [1.54, 1.807) is 25.1 Å². The van der Waals surface area contributed by atoms with Gasteiger partial charge < -0.3 is 9.47 Å². The Morgan fingerprint density at radius 1 is 1.22 bits per heavy atom. The van der Waals surface area contributed by atoms with E-state index in [1.807, 2.05) is 18.2 Å². The van der Waals surface area contributed by atoms with Gasteiger partial charge in [-0.2, -0.15) is 0 Å². The average Bonchev–Trinajstić information content (AvgIpc) is 2.43. The first-order chi connectivity index (χ1) is 9.80. The Hall–Kier alpha value is -2.03. The molecule has 0 heterocycles. The van der Waals surface area contributed by atoms with Gasteiger partial charge in [-0.25, -0.2) is 0 Å². The lowest BCUT2D eigenvalue weighted by Gasteiger charge is -2.10. The summed E-state index contributed by atoms with van der Waals surface area (Å²) in [5.41, 5.74) is 0.846. The number of hydrogen-bond acceptors (Lipinski definition) is 3. The van der Waals surface area contributed by atoms with Gasteiger partial charge >= 0.3 is 5.97 Å². The van der Waals surface area contributed by atoms with Gasteiger partial charge in [0.1, 0.15) is 5.75 Å². The van der Waals surface area contributed by atoms with Crippen molar-refractivity contribution in [2.24, 2.45) is 0 Å². The highest BCUT2D eigenvalue weighted by molar-refractivity contribution is 5.86. The summed E-state index contributed by atoms with van der Waals surface area (Å²) in [4.78, 5) is 11.6. The second kappa shape index (κ2) is 5.08. The van der Waals surface area contributed by atoms with Crippen molar-refractivity contribution >= 4 is 16.7 Å². The summed E-state index contributed by atoms with van der Waals surface area (Å²) in [5, 5.41) is 1.75. The lowest BCUT2D eigenvalue weighted by Crippen LogP contribution is -2.10. The van der Waals surface area contributed by atoms with Crippen LogP contribution in [-0.4, -0.2) is 20.1 Å². The van der Waals surface area contributed by atoms with Gasteiger partial charge in [-0.3, -0.25) is 4.79 Å². The molecule has 1 atom stereocenters. The second-order valence-corrected chi connectivity index (χ2v) is 4.12. The second-order valence-electron chi connectivity index (χ2n) is 4.12. The summed E-state index contributed by atoms with van der Waals surface area (Å²) in [5.74, 6) is -0.356. The third-order valence-corrected chi connectivity index (χ3v) is 3.01. The van der Waals surface area contributed by atoms with Gasteiger partial charge in [-0.05, 0) is 35.4 Å². The molecule has 0 spiro atoms. The number of carbonyl (C=O) groups excluding carboxylic acids is 1. The van der Waals surface area contributed by atoms with E-state index in [-0.39, 0.29) is 17.6 Å². The summed E-state index contributed by atoms with van der Waals surface area (Å²) in [6, 6.07) is 10.6. The van der Waals surface area contributed by atoms with Gasteiger partial charge in [0.25, 0.3) is 0 Å². The van der Waals surface area contributed by atoms with Gasteiger partial charge in [0, 0.05) is 0 Å². The minimum atomic E-state index is -2.47. The summed E-state index contributed by atoms with van der Waals surface area (Å²) < 4.78 is 30.9. The molecule has 18 heavy (non-hydrogen) atoms. The quantitative estimate of drug-likeness (QED) is 0.782. The molecule has 0 amide bonds. The van der Waals surface area contributed by atoms with E-state index >= 15 is 0 Å². The summed E-state index contributed by atoms with van der Waals surface area (Å²) in [7, 11) is -1.11. The molecule has 2 aromatic rings. The molecule has 2 aromatic carbocycles. The molecule has 0 aliphatic heterocycles.